The molecule has 0 spiro atoms. The first-order valence-corrected chi connectivity index (χ1v) is 11.8. The molecule has 0 bridgehead atoms. The highest BCUT2D eigenvalue weighted by Gasteiger charge is 2.20. The van der Waals surface area contributed by atoms with E-state index < -0.39 is 9.84 Å². The Kier molecular flexibility index (Phi) is 7.70. The van der Waals surface area contributed by atoms with Crippen LogP contribution in [-0.2, 0) is 19.4 Å². The number of amides is 2. The third-order valence-corrected chi connectivity index (χ3v) is 6.54. The molecule has 0 saturated heterocycles. The molecular weight excluding hydrogens is 436 g/mol. The van der Waals surface area contributed by atoms with Crippen LogP contribution in [0.3, 0.4) is 0 Å². The van der Waals surface area contributed by atoms with Gasteiger partial charge in [0.1, 0.15) is 19.8 Å². The maximum atomic E-state index is 12.8. The van der Waals surface area contributed by atoms with Gasteiger partial charge in [-0.3, -0.25) is 9.59 Å². The van der Waals surface area contributed by atoms with Crippen molar-refractivity contribution in [2.75, 3.05) is 51.1 Å². The van der Waals surface area contributed by atoms with Crippen molar-refractivity contribution in [3.63, 3.8) is 0 Å². The van der Waals surface area contributed by atoms with Gasteiger partial charge in [0.25, 0.3) is 5.91 Å². The topological polar surface area (TPSA) is 111 Å². The molecular formula is C22H26N2O7S. The number of sulfone groups is 1. The number of nitrogens with one attached hydrogen (secondary N) is 1. The summed E-state index contributed by atoms with van der Waals surface area (Å²) >= 11 is 0. The van der Waals surface area contributed by atoms with Crippen molar-refractivity contribution in [2.45, 2.75) is 11.8 Å². The second-order valence-corrected chi connectivity index (χ2v) is 9.17. The number of methoxy groups -OCH3 is 1. The zero-order valence-corrected chi connectivity index (χ0v) is 18.8. The minimum absolute atomic E-state index is 0.0884. The molecule has 0 aromatic heterocycles. The number of carbonyl (C=O) groups excluding carboxylic acids is 2. The molecule has 2 amide bonds. The minimum Gasteiger partial charge on any atom is -0.486 e. The fraction of sp³-hybridized carbons (Fsp3) is 0.364. The molecule has 1 aliphatic rings. The summed E-state index contributed by atoms with van der Waals surface area (Å²) in [6.07, 6.45) is 0. The van der Waals surface area contributed by atoms with E-state index in [9.17, 15) is 18.0 Å². The van der Waals surface area contributed by atoms with Crippen molar-refractivity contribution in [1.82, 2.24) is 4.90 Å². The second kappa shape index (κ2) is 10.5. The normalized spacial score (nSPS) is 12.8. The smallest absolute Gasteiger partial charge is 0.254 e. The van der Waals surface area contributed by atoms with Crippen molar-refractivity contribution in [1.29, 1.82) is 0 Å². The summed E-state index contributed by atoms with van der Waals surface area (Å²) in [7, 11) is -2.05. The maximum absolute atomic E-state index is 12.8. The molecule has 3 rings (SSSR count). The molecule has 0 fully saturated rings. The van der Waals surface area contributed by atoms with Crippen LogP contribution in [0.5, 0.6) is 11.5 Å². The fourth-order valence-electron chi connectivity index (χ4n) is 3.12. The van der Waals surface area contributed by atoms with Crippen LogP contribution in [0.1, 0.15) is 17.3 Å². The Labute approximate surface area is 187 Å². The van der Waals surface area contributed by atoms with Gasteiger partial charge in [-0.2, -0.15) is 0 Å². The summed E-state index contributed by atoms with van der Waals surface area (Å²) in [6.45, 7) is 2.92. The molecule has 1 aliphatic heterocycles. The first kappa shape index (κ1) is 23.6. The molecule has 10 heteroatoms. The van der Waals surface area contributed by atoms with Gasteiger partial charge >= 0.3 is 0 Å². The van der Waals surface area contributed by atoms with Crippen molar-refractivity contribution in [2.24, 2.45) is 0 Å². The Morgan fingerprint density at radius 3 is 2.41 bits per heavy atom. The van der Waals surface area contributed by atoms with Crippen LogP contribution in [0.2, 0.25) is 0 Å². The number of carbonyl (C=O) groups is 2. The summed E-state index contributed by atoms with van der Waals surface area (Å²) in [5.41, 5.74) is 0.832. The summed E-state index contributed by atoms with van der Waals surface area (Å²) in [6, 6.07) is 10.8. The molecule has 32 heavy (non-hydrogen) atoms. The average molecular weight is 463 g/mol. The molecule has 0 saturated carbocycles. The highest BCUT2D eigenvalue weighted by atomic mass is 32.2. The molecule has 0 radical (unpaired) electrons. The van der Waals surface area contributed by atoms with Crippen LogP contribution < -0.4 is 14.8 Å². The van der Waals surface area contributed by atoms with Crippen molar-refractivity contribution in [3.8, 4) is 11.5 Å². The molecule has 0 unspecified atom stereocenters. The Bertz CT molecular complexity index is 1070. The number of fused-ring (bicyclic) bond motifs is 1. The van der Waals surface area contributed by atoms with Gasteiger partial charge in [0.05, 0.1) is 17.3 Å². The number of rotatable bonds is 9. The molecule has 172 valence electrons. The number of benzene rings is 2. The lowest BCUT2D eigenvalue weighted by atomic mass is 10.2. The lowest BCUT2D eigenvalue weighted by molar-refractivity contribution is -0.116. The van der Waals surface area contributed by atoms with E-state index in [1.54, 1.807) is 25.1 Å². The van der Waals surface area contributed by atoms with Gasteiger partial charge in [-0.05, 0) is 43.3 Å². The highest BCUT2D eigenvalue weighted by molar-refractivity contribution is 7.91. The van der Waals surface area contributed by atoms with E-state index in [4.69, 9.17) is 14.2 Å². The lowest BCUT2D eigenvalue weighted by Gasteiger charge is -2.21. The summed E-state index contributed by atoms with van der Waals surface area (Å²) in [5, 5.41) is 2.75. The number of likely N-dealkylation sites (N-methyl/N-ethyl adjacent to an activating group) is 1. The Balaban J connectivity index is 1.63. The van der Waals surface area contributed by atoms with Crippen LogP contribution in [-0.4, -0.2) is 70.9 Å². The quantitative estimate of drug-likeness (QED) is 0.607. The molecule has 0 aliphatic carbocycles. The predicted octanol–water partition coefficient (Wildman–Crippen LogP) is 1.98. The summed E-state index contributed by atoms with van der Waals surface area (Å²) in [4.78, 5) is 26.8. The Hall–Kier alpha value is -3.11. The lowest BCUT2D eigenvalue weighted by Crippen LogP contribution is -2.37. The Morgan fingerprint density at radius 2 is 1.75 bits per heavy atom. The Morgan fingerprint density at radius 1 is 1.06 bits per heavy atom. The average Bonchev–Trinajstić information content (AvgIpc) is 2.81. The number of hydrogen-bond acceptors (Lipinski definition) is 7. The van der Waals surface area contributed by atoms with Crippen molar-refractivity contribution in [3.05, 3.63) is 48.0 Å². The molecule has 1 heterocycles. The predicted molar refractivity (Wildman–Crippen MR) is 118 cm³/mol. The van der Waals surface area contributed by atoms with E-state index >= 15 is 0 Å². The van der Waals surface area contributed by atoms with E-state index in [1.165, 1.54) is 36.3 Å². The summed E-state index contributed by atoms with van der Waals surface area (Å²) in [5.74, 6) is 0.296. The van der Waals surface area contributed by atoms with Crippen molar-refractivity contribution >= 4 is 27.3 Å². The molecule has 2 aromatic rings. The largest absolute Gasteiger partial charge is 0.486 e. The van der Waals surface area contributed by atoms with Gasteiger partial charge < -0.3 is 24.4 Å². The number of hydrogen-bond donors (Lipinski definition) is 1. The zero-order valence-electron chi connectivity index (χ0n) is 18.0. The molecule has 2 aromatic carbocycles. The third-order valence-electron chi connectivity index (χ3n) is 4.85. The maximum Gasteiger partial charge on any atom is 0.254 e. The minimum atomic E-state index is -3.48. The van der Waals surface area contributed by atoms with Crippen LogP contribution in [0, 0.1) is 0 Å². The van der Waals surface area contributed by atoms with Gasteiger partial charge in [-0.1, -0.05) is 0 Å². The third kappa shape index (κ3) is 5.77. The van der Waals surface area contributed by atoms with Gasteiger partial charge in [0.2, 0.25) is 5.91 Å². The van der Waals surface area contributed by atoms with Crippen LogP contribution in [0.4, 0.5) is 5.69 Å². The molecule has 0 atom stereocenters. The van der Waals surface area contributed by atoms with Gasteiger partial charge in [-0.25, -0.2) is 8.42 Å². The van der Waals surface area contributed by atoms with Gasteiger partial charge in [-0.15, -0.1) is 0 Å². The van der Waals surface area contributed by atoms with E-state index in [0.29, 0.717) is 42.5 Å². The number of nitrogens with zero attached hydrogens (tertiary/aromatic N) is 1. The van der Waals surface area contributed by atoms with Crippen molar-refractivity contribution < 1.29 is 32.2 Å². The van der Waals surface area contributed by atoms with E-state index in [0.717, 1.165) is 0 Å². The number of ether oxygens (including phenoxy) is 3. The van der Waals surface area contributed by atoms with Gasteiger partial charge in [0, 0.05) is 31.0 Å². The van der Waals surface area contributed by atoms with E-state index in [-0.39, 0.29) is 35.6 Å². The molecule has 9 nitrogen and oxygen atoms in total. The van der Waals surface area contributed by atoms with E-state index in [1.807, 2.05) is 0 Å². The monoisotopic (exact) mass is 462 g/mol. The first-order chi connectivity index (χ1) is 15.3. The van der Waals surface area contributed by atoms with E-state index in [2.05, 4.69) is 5.32 Å². The van der Waals surface area contributed by atoms with Crippen LogP contribution in [0.15, 0.2) is 47.4 Å². The van der Waals surface area contributed by atoms with Crippen LogP contribution in [0.25, 0.3) is 0 Å². The number of anilines is 1. The summed E-state index contributed by atoms with van der Waals surface area (Å²) < 4.78 is 40.2. The van der Waals surface area contributed by atoms with Crippen LogP contribution >= 0.6 is 0 Å². The zero-order chi connectivity index (χ0) is 23.1. The standard InChI is InChI=1S/C22H26N2O7S/c1-3-24(15-21(25)23-17-6-9-19-20(14-17)31-11-10-30-19)22(26)16-4-7-18(8-5-16)32(27,28)13-12-29-2/h4-9,14H,3,10-13,15H2,1-2H3,(H,23,25). The SMILES string of the molecule is CCN(CC(=O)Nc1ccc2c(c1)OCCO2)C(=O)c1ccc(S(=O)(=O)CCOC)cc1. The second-order valence-electron chi connectivity index (χ2n) is 7.06. The molecule has 1 N–H and O–H groups in total. The fourth-order valence-corrected chi connectivity index (χ4v) is 4.29. The highest BCUT2D eigenvalue weighted by Crippen LogP contribution is 2.32. The van der Waals surface area contributed by atoms with Gasteiger partial charge in [0.15, 0.2) is 21.3 Å². The first-order valence-electron chi connectivity index (χ1n) is 10.1.